The van der Waals surface area contributed by atoms with E-state index in [1.165, 1.54) is 0 Å². The van der Waals surface area contributed by atoms with E-state index in [0.29, 0.717) is 41.2 Å². The number of hydrogen-bond donors (Lipinski definition) is 2. The fourth-order valence-corrected chi connectivity index (χ4v) is 3.71. The summed E-state index contributed by atoms with van der Waals surface area (Å²) >= 11 is 0. The fourth-order valence-electron chi connectivity index (χ4n) is 3.71. The Balaban J connectivity index is 1.53. The van der Waals surface area contributed by atoms with E-state index < -0.39 is 0 Å². The van der Waals surface area contributed by atoms with Crippen LogP contribution >= 0.6 is 0 Å². The molecule has 1 amide bonds. The molecule has 3 N–H and O–H groups in total. The molecule has 2 aromatic carbocycles. The first-order valence-corrected chi connectivity index (χ1v) is 10.1. The number of nitrogens with two attached hydrogens (primary N) is 1. The highest BCUT2D eigenvalue weighted by Crippen LogP contribution is 2.28. The van der Waals surface area contributed by atoms with Crippen molar-refractivity contribution in [1.82, 2.24) is 19.9 Å². The Morgan fingerprint density at radius 3 is 2.45 bits per heavy atom. The van der Waals surface area contributed by atoms with E-state index in [0.717, 1.165) is 23.3 Å². The van der Waals surface area contributed by atoms with Gasteiger partial charge in [0.15, 0.2) is 5.65 Å². The molecule has 5 rings (SSSR count). The molecule has 0 aliphatic heterocycles. The van der Waals surface area contributed by atoms with Crippen LogP contribution in [-0.2, 0) is 13.0 Å². The molecular weight excluding hydrogens is 390 g/mol. The molecule has 0 saturated heterocycles. The number of anilines is 1. The summed E-state index contributed by atoms with van der Waals surface area (Å²) in [6.07, 6.45) is 2.33. The van der Waals surface area contributed by atoms with E-state index in [1.807, 2.05) is 66.7 Å². The van der Waals surface area contributed by atoms with Gasteiger partial charge in [-0.1, -0.05) is 42.5 Å². The van der Waals surface area contributed by atoms with Crippen LogP contribution in [-0.4, -0.2) is 27.0 Å². The van der Waals surface area contributed by atoms with E-state index in [4.69, 9.17) is 20.1 Å². The van der Waals surface area contributed by atoms with Crippen molar-refractivity contribution in [3.63, 3.8) is 0 Å². The van der Waals surface area contributed by atoms with E-state index in [2.05, 4.69) is 5.32 Å². The maximum Gasteiger partial charge on any atom is 0.257 e. The molecule has 0 bridgehead atoms. The van der Waals surface area contributed by atoms with E-state index in [-0.39, 0.29) is 5.91 Å². The summed E-state index contributed by atoms with van der Waals surface area (Å²) < 4.78 is 7.26. The number of amides is 1. The molecule has 7 heteroatoms. The quantitative estimate of drug-likeness (QED) is 0.443. The number of fused-ring (bicyclic) bond motifs is 2. The van der Waals surface area contributed by atoms with Crippen LogP contribution in [0.15, 0.2) is 77.4 Å². The number of nitrogens with zero attached hydrogens (tertiary/aromatic N) is 3. The molecule has 0 atom stereocenters. The molecule has 0 fully saturated rings. The van der Waals surface area contributed by atoms with Gasteiger partial charge in [0.05, 0.1) is 23.8 Å². The first-order valence-electron chi connectivity index (χ1n) is 10.1. The van der Waals surface area contributed by atoms with Gasteiger partial charge in [0.25, 0.3) is 5.91 Å². The van der Waals surface area contributed by atoms with Crippen molar-refractivity contribution in [2.75, 3.05) is 12.3 Å². The summed E-state index contributed by atoms with van der Waals surface area (Å²) in [5.74, 6) is 0.773. The Labute approximate surface area is 178 Å². The largest absolute Gasteiger partial charge is 0.467 e. The Morgan fingerprint density at radius 2 is 1.71 bits per heavy atom. The zero-order valence-electron chi connectivity index (χ0n) is 16.8. The number of carbonyl (C=O) groups is 1. The fraction of sp³-hybridized carbons (Fsp3) is 0.125. The van der Waals surface area contributed by atoms with E-state index >= 15 is 0 Å². The second-order valence-corrected chi connectivity index (χ2v) is 7.30. The van der Waals surface area contributed by atoms with E-state index in [9.17, 15) is 4.79 Å². The number of nitrogens with one attached hydrogen (secondary N) is 1. The van der Waals surface area contributed by atoms with Gasteiger partial charge in [-0.25, -0.2) is 9.97 Å². The SMILES string of the molecule is Nc1c(C(=O)NCCc2ccccc2)c2nc3ccccc3nc2n1Cc1ccco1. The minimum Gasteiger partial charge on any atom is -0.467 e. The van der Waals surface area contributed by atoms with Crippen LogP contribution in [0.1, 0.15) is 21.7 Å². The number of furan rings is 1. The van der Waals surface area contributed by atoms with Crippen molar-refractivity contribution < 1.29 is 9.21 Å². The number of carbonyl (C=O) groups excluding carboxylic acids is 1. The van der Waals surface area contributed by atoms with Crippen LogP contribution in [0.2, 0.25) is 0 Å². The monoisotopic (exact) mass is 411 g/mol. The average Bonchev–Trinajstić information content (AvgIpc) is 3.40. The lowest BCUT2D eigenvalue weighted by Crippen LogP contribution is -2.26. The number of benzene rings is 2. The third kappa shape index (κ3) is 3.61. The number of nitrogen functional groups attached to an aromatic ring is 1. The number of aromatic nitrogens is 3. The van der Waals surface area contributed by atoms with Gasteiger partial charge in [-0.05, 0) is 36.2 Å². The molecule has 0 aliphatic rings. The third-order valence-corrected chi connectivity index (χ3v) is 5.25. The highest BCUT2D eigenvalue weighted by molar-refractivity contribution is 6.10. The predicted octanol–water partition coefficient (Wildman–Crippen LogP) is 3.78. The van der Waals surface area contributed by atoms with Gasteiger partial charge >= 0.3 is 0 Å². The maximum absolute atomic E-state index is 13.1. The van der Waals surface area contributed by atoms with Gasteiger partial charge in [-0.2, -0.15) is 0 Å². The number of para-hydroxylation sites is 2. The molecule has 0 aliphatic carbocycles. The zero-order valence-corrected chi connectivity index (χ0v) is 16.8. The van der Waals surface area contributed by atoms with Gasteiger partial charge in [-0.3, -0.25) is 4.79 Å². The number of hydrogen-bond acceptors (Lipinski definition) is 5. The normalized spacial score (nSPS) is 11.2. The van der Waals surface area contributed by atoms with Crippen LogP contribution in [0.25, 0.3) is 22.2 Å². The summed E-state index contributed by atoms with van der Waals surface area (Å²) in [4.78, 5) is 22.6. The first-order chi connectivity index (χ1) is 15.2. The average molecular weight is 411 g/mol. The van der Waals surface area contributed by atoms with Crippen LogP contribution in [0.3, 0.4) is 0 Å². The Hall–Kier alpha value is -4.13. The topological polar surface area (TPSA) is 99.0 Å². The summed E-state index contributed by atoms with van der Waals surface area (Å²) in [6, 6.07) is 21.3. The standard InChI is InChI=1S/C24H21N5O2/c25-22-20(24(30)26-13-12-16-7-2-1-3-8-16)21-23(29(22)15-17-9-6-14-31-17)28-19-11-5-4-10-18(19)27-21/h1-11,14H,12-13,15,25H2,(H,26,30). The molecule has 3 aromatic heterocycles. The van der Waals surface area contributed by atoms with Crippen molar-refractivity contribution in [2.45, 2.75) is 13.0 Å². The second-order valence-electron chi connectivity index (χ2n) is 7.30. The molecular formula is C24H21N5O2. The Kier molecular flexibility index (Phi) is 4.84. The lowest BCUT2D eigenvalue weighted by Gasteiger charge is -2.07. The zero-order chi connectivity index (χ0) is 21.2. The highest BCUT2D eigenvalue weighted by Gasteiger charge is 2.24. The van der Waals surface area contributed by atoms with Crippen molar-refractivity contribution >= 4 is 33.9 Å². The number of rotatable bonds is 6. The molecule has 31 heavy (non-hydrogen) atoms. The van der Waals surface area contributed by atoms with Gasteiger partial charge in [0.2, 0.25) is 0 Å². The highest BCUT2D eigenvalue weighted by atomic mass is 16.3. The van der Waals surface area contributed by atoms with Crippen molar-refractivity contribution in [2.24, 2.45) is 0 Å². The lowest BCUT2D eigenvalue weighted by atomic mass is 10.1. The maximum atomic E-state index is 13.1. The first kappa shape index (κ1) is 18.9. The molecule has 0 radical (unpaired) electrons. The van der Waals surface area contributed by atoms with Gasteiger partial charge in [-0.15, -0.1) is 0 Å². The molecule has 0 unspecified atom stereocenters. The van der Waals surface area contributed by atoms with Crippen LogP contribution in [0.5, 0.6) is 0 Å². The molecule has 154 valence electrons. The molecule has 0 saturated carbocycles. The van der Waals surface area contributed by atoms with Gasteiger partial charge in [0.1, 0.15) is 22.7 Å². The minimum absolute atomic E-state index is 0.263. The molecule has 7 nitrogen and oxygen atoms in total. The van der Waals surface area contributed by atoms with Crippen LogP contribution < -0.4 is 11.1 Å². The predicted molar refractivity (Wildman–Crippen MR) is 120 cm³/mol. The van der Waals surface area contributed by atoms with Crippen LogP contribution in [0.4, 0.5) is 5.82 Å². The van der Waals surface area contributed by atoms with E-state index in [1.54, 1.807) is 10.8 Å². The summed E-state index contributed by atoms with van der Waals surface area (Å²) in [5.41, 5.74) is 10.4. The summed E-state index contributed by atoms with van der Waals surface area (Å²) in [6.45, 7) is 0.855. The van der Waals surface area contributed by atoms with Crippen molar-refractivity contribution in [1.29, 1.82) is 0 Å². The lowest BCUT2D eigenvalue weighted by molar-refractivity contribution is 0.0956. The summed E-state index contributed by atoms with van der Waals surface area (Å²) in [5, 5.41) is 2.98. The van der Waals surface area contributed by atoms with Crippen molar-refractivity contribution in [3.05, 3.63) is 89.9 Å². The van der Waals surface area contributed by atoms with Crippen molar-refractivity contribution in [3.8, 4) is 0 Å². The Morgan fingerprint density at radius 1 is 0.968 bits per heavy atom. The van der Waals surface area contributed by atoms with Gasteiger partial charge < -0.3 is 20.0 Å². The molecule has 0 spiro atoms. The summed E-state index contributed by atoms with van der Waals surface area (Å²) in [7, 11) is 0. The second kappa shape index (κ2) is 7.95. The van der Waals surface area contributed by atoms with Gasteiger partial charge in [0, 0.05) is 6.54 Å². The molecule has 3 heterocycles. The smallest absolute Gasteiger partial charge is 0.257 e. The Bertz CT molecular complexity index is 1360. The molecule has 5 aromatic rings. The van der Waals surface area contributed by atoms with Crippen LogP contribution in [0, 0.1) is 0 Å². The third-order valence-electron chi connectivity index (χ3n) is 5.25. The minimum atomic E-state index is -0.263.